The summed E-state index contributed by atoms with van der Waals surface area (Å²) in [5, 5.41) is 7.11. The van der Waals surface area contributed by atoms with Crippen LogP contribution in [0.15, 0.2) is 64.2 Å². The fourth-order valence-corrected chi connectivity index (χ4v) is 3.62. The zero-order chi connectivity index (χ0) is 21.2. The van der Waals surface area contributed by atoms with E-state index < -0.39 is 0 Å². The van der Waals surface area contributed by atoms with E-state index in [0.29, 0.717) is 12.6 Å². The molecule has 6 heteroatoms. The minimum absolute atomic E-state index is 0.428. The van der Waals surface area contributed by atoms with E-state index >= 15 is 0 Å². The van der Waals surface area contributed by atoms with Crippen LogP contribution in [0.2, 0.25) is 0 Å². The van der Waals surface area contributed by atoms with Gasteiger partial charge in [-0.1, -0.05) is 24.3 Å². The Morgan fingerprint density at radius 2 is 2.00 bits per heavy atom. The van der Waals surface area contributed by atoms with E-state index in [4.69, 9.17) is 14.1 Å². The zero-order valence-corrected chi connectivity index (χ0v) is 18.2. The highest BCUT2D eigenvalue weighted by Gasteiger charge is 2.19. The number of rotatable bonds is 9. The van der Waals surface area contributed by atoms with Gasteiger partial charge in [0.1, 0.15) is 11.5 Å². The van der Waals surface area contributed by atoms with Gasteiger partial charge in [0.15, 0.2) is 5.96 Å². The van der Waals surface area contributed by atoms with Crippen LogP contribution >= 0.6 is 0 Å². The smallest absolute Gasteiger partial charge is 0.191 e. The van der Waals surface area contributed by atoms with Crippen LogP contribution in [-0.4, -0.2) is 50.2 Å². The molecule has 1 aliphatic rings. The second-order valence-corrected chi connectivity index (χ2v) is 7.92. The molecule has 0 bridgehead atoms. The SMILES string of the molecule is C=C(C)CN1CCC(NC(=NCc2ccc(OC)cc2)NCCc2ccco2)CC1. The molecule has 0 saturated carbocycles. The lowest BCUT2D eigenvalue weighted by Crippen LogP contribution is -2.49. The van der Waals surface area contributed by atoms with Gasteiger partial charge in [0, 0.05) is 38.6 Å². The summed E-state index contributed by atoms with van der Waals surface area (Å²) in [6.45, 7) is 10.7. The maximum Gasteiger partial charge on any atom is 0.191 e. The summed E-state index contributed by atoms with van der Waals surface area (Å²) in [6, 6.07) is 12.4. The molecule has 1 aromatic carbocycles. The zero-order valence-electron chi connectivity index (χ0n) is 18.2. The molecule has 162 valence electrons. The van der Waals surface area contributed by atoms with Crippen molar-refractivity contribution < 1.29 is 9.15 Å². The van der Waals surface area contributed by atoms with E-state index in [1.54, 1.807) is 13.4 Å². The third-order valence-electron chi connectivity index (χ3n) is 5.24. The van der Waals surface area contributed by atoms with E-state index in [0.717, 1.165) is 68.5 Å². The number of methoxy groups -OCH3 is 1. The molecule has 0 radical (unpaired) electrons. The van der Waals surface area contributed by atoms with Gasteiger partial charge < -0.3 is 19.8 Å². The minimum atomic E-state index is 0.428. The van der Waals surface area contributed by atoms with Gasteiger partial charge in [0.2, 0.25) is 0 Å². The van der Waals surface area contributed by atoms with Crippen LogP contribution in [-0.2, 0) is 13.0 Å². The van der Waals surface area contributed by atoms with Crippen molar-refractivity contribution in [1.82, 2.24) is 15.5 Å². The number of piperidine rings is 1. The number of ether oxygens (including phenoxy) is 1. The first-order valence-electron chi connectivity index (χ1n) is 10.7. The largest absolute Gasteiger partial charge is 0.497 e. The lowest BCUT2D eigenvalue weighted by atomic mass is 10.0. The van der Waals surface area contributed by atoms with Crippen molar-refractivity contribution in [2.24, 2.45) is 4.99 Å². The third kappa shape index (κ3) is 7.26. The number of aliphatic imine (C=N–C) groups is 1. The van der Waals surface area contributed by atoms with E-state index in [2.05, 4.69) is 41.2 Å². The van der Waals surface area contributed by atoms with E-state index in [9.17, 15) is 0 Å². The molecule has 1 aromatic heterocycles. The van der Waals surface area contributed by atoms with Crippen molar-refractivity contribution in [3.8, 4) is 5.75 Å². The van der Waals surface area contributed by atoms with Crippen molar-refractivity contribution in [1.29, 1.82) is 0 Å². The Labute approximate surface area is 180 Å². The first kappa shape index (κ1) is 22.0. The van der Waals surface area contributed by atoms with Crippen LogP contribution in [0.5, 0.6) is 5.75 Å². The van der Waals surface area contributed by atoms with Crippen molar-refractivity contribution in [2.45, 2.75) is 38.8 Å². The summed E-state index contributed by atoms with van der Waals surface area (Å²) >= 11 is 0. The fourth-order valence-electron chi connectivity index (χ4n) is 3.62. The maximum atomic E-state index is 5.44. The Hall–Kier alpha value is -2.73. The lowest BCUT2D eigenvalue weighted by Gasteiger charge is -2.33. The monoisotopic (exact) mass is 410 g/mol. The number of benzene rings is 1. The number of hydrogen-bond donors (Lipinski definition) is 2. The summed E-state index contributed by atoms with van der Waals surface area (Å²) in [6.07, 6.45) is 4.75. The van der Waals surface area contributed by atoms with E-state index in [1.165, 1.54) is 5.57 Å². The molecule has 1 fully saturated rings. The van der Waals surface area contributed by atoms with Crippen LogP contribution < -0.4 is 15.4 Å². The maximum absolute atomic E-state index is 5.44. The van der Waals surface area contributed by atoms with Crippen LogP contribution in [0.4, 0.5) is 0 Å². The summed E-state index contributed by atoms with van der Waals surface area (Å²) in [5.74, 6) is 2.69. The predicted octanol–water partition coefficient (Wildman–Crippen LogP) is 3.61. The van der Waals surface area contributed by atoms with Gasteiger partial charge >= 0.3 is 0 Å². The van der Waals surface area contributed by atoms with Crippen molar-refractivity contribution >= 4 is 5.96 Å². The molecule has 2 N–H and O–H groups in total. The summed E-state index contributed by atoms with van der Waals surface area (Å²) in [7, 11) is 1.68. The average molecular weight is 411 g/mol. The normalized spacial score (nSPS) is 15.7. The van der Waals surface area contributed by atoms with Gasteiger partial charge in [0.25, 0.3) is 0 Å². The molecule has 0 spiro atoms. The van der Waals surface area contributed by atoms with Gasteiger partial charge in [-0.05, 0) is 49.6 Å². The molecule has 6 nitrogen and oxygen atoms in total. The highest BCUT2D eigenvalue weighted by Crippen LogP contribution is 2.13. The van der Waals surface area contributed by atoms with E-state index in [-0.39, 0.29) is 0 Å². The topological polar surface area (TPSA) is 62.0 Å². The molecule has 0 unspecified atom stereocenters. The molecular weight excluding hydrogens is 376 g/mol. The first-order valence-corrected chi connectivity index (χ1v) is 10.7. The predicted molar refractivity (Wildman–Crippen MR) is 122 cm³/mol. The van der Waals surface area contributed by atoms with Crippen molar-refractivity contribution in [3.05, 3.63) is 66.1 Å². The Morgan fingerprint density at radius 1 is 1.23 bits per heavy atom. The Balaban J connectivity index is 1.56. The number of nitrogens with zero attached hydrogens (tertiary/aromatic N) is 2. The Kier molecular flexibility index (Phi) is 8.39. The van der Waals surface area contributed by atoms with Crippen molar-refractivity contribution in [3.63, 3.8) is 0 Å². The lowest BCUT2D eigenvalue weighted by molar-refractivity contribution is 0.221. The van der Waals surface area contributed by atoms with Gasteiger partial charge in [-0.25, -0.2) is 4.99 Å². The van der Waals surface area contributed by atoms with Crippen LogP contribution in [0, 0.1) is 0 Å². The number of likely N-dealkylation sites (tertiary alicyclic amines) is 1. The summed E-state index contributed by atoms with van der Waals surface area (Å²) in [4.78, 5) is 7.30. The van der Waals surface area contributed by atoms with Gasteiger partial charge in [-0.2, -0.15) is 0 Å². The number of nitrogens with one attached hydrogen (secondary N) is 2. The third-order valence-corrected chi connectivity index (χ3v) is 5.24. The van der Waals surface area contributed by atoms with Gasteiger partial charge in [0.05, 0.1) is 19.9 Å². The van der Waals surface area contributed by atoms with Crippen LogP contribution in [0.1, 0.15) is 31.1 Å². The second kappa shape index (κ2) is 11.5. The second-order valence-electron chi connectivity index (χ2n) is 7.92. The minimum Gasteiger partial charge on any atom is -0.497 e. The summed E-state index contributed by atoms with van der Waals surface area (Å²) in [5.41, 5.74) is 2.38. The molecule has 0 aliphatic carbocycles. The fraction of sp³-hybridized carbons (Fsp3) is 0.458. The van der Waals surface area contributed by atoms with Crippen LogP contribution in [0.3, 0.4) is 0 Å². The van der Waals surface area contributed by atoms with Crippen molar-refractivity contribution in [2.75, 3.05) is 33.3 Å². The highest BCUT2D eigenvalue weighted by molar-refractivity contribution is 5.80. The molecule has 3 rings (SSSR count). The highest BCUT2D eigenvalue weighted by atomic mass is 16.5. The molecule has 0 atom stereocenters. The van der Waals surface area contributed by atoms with E-state index in [1.807, 2.05) is 24.3 Å². The molecule has 1 aliphatic heterocycles. The Morgan fingerprint density at radius 3 is 2.63 bits per heavy atom. The Bertz CT molecular complexity index is 791. The number of furan rings is 1. The molecule has 2 heterocycles. The average Bonchev–Trinajstić information content (AvgIpc) is 3.27. The van der Waals surface area contributed by atoms with Gasteiger partial charge in [-0.15, -0.1) is 0 Å². The van der Waals surface area contributed by atoms with Gasteiger partial charge in [-0.3, -0.25) is 4.90 Å². The molecule has 0 amide bonds. The molecule has 2 aromatic rings. The first-order chi connectivity index (χ1) is 14.6. The molecular formula is C24H34N4O2. The van der Waals surface area contributed by atoms with Crippen LogP contribution in [0.25, 0.3) is 0 Å². The quantitative estimate of drug-likeness (QED) is 0.376. The number of hydrogen-bond acceptors (Lipinski definition) is 4. The standard InChI is InChI=1S/C24H34N4O2/c1-19(2)18-28-14-11-21(12-15-28)27-24(25-13-10-23-5-4-16-30-23)26-17-20-6-8-22(29-3)9-7-20/h4-9,16,21H,1,10-15,17-18H2,2-3H3,(H2,25,26,27). The summed E-state index contributed by atoms with van der Waals surface area (Å²) < 4.78 is 10.7. The molecule has 30 heavy (non-hydrogen) atoms. The molecule has 1 saturated heterocycles. The number of guanidine groups is 1.